The normalized spacial score (nSPS) is 19.7. The number of aromatic nitrogens is 2. The zero-order chi connectivity index (χ0) is 18.8. The third-order valence-corrected chi connectivity index (χ3v) is 4.69. The molecule has 0 aliphatic carbocycles. The standard InChI is InChI=1S/C19H23N5O3.2ClH.2H2O/c1-12-21-15(16-18(22-12)23-19(25)17(20)27-16)9-14-11-24(7-8-26-14)10-13-5-3-2-4-6-13;;;;/h2-6,14,17H,7-11,20H2,1H3,(H,21,22,23,25);2*1H;2*1H2. The van der Waals surface area contributed by atoms with E-state index in [1.165, 1.54) is 5.56 Å². The molecule has 31 heavy (non-hydrogen) atoms. The molecule has 174 valence electrons. The van der Waals surface area contributed by atoms with E-state index in [-0.39, 0.29) is 41.9 Å². The van der Waals surface area contributed by atoms with Gasteiger partial charge in [0.1, 0.15) is 5.82 Å². The number of rotatable bonds is 4. The van der Waals surface area contributed by atoms with Gasteiger partial charge in [-0.05, 0) is 12.5 Å². The minimum Gasteiger partial charge on any atom is -0.460 e. The minimum atomic E-state index is -1.05. The maximum Gasteiger partial charge on any atom is 0.281 e. The molecule has 1 saturated heterocycles. The van der Waals surface area contributed by atoms with Crippen LogP contribution >= 0.6 is 24.8 Å². The van der Waals surface area contributed by atoms with Gasteiger partial charge >= 0.3 is 0 Å². The number of hydrogen-bond donors (Lipinski definition) is 2. The number of anilines is 1. The van der Waals surface area contributed by atoms with E-state index in [0.717, 1.165) is 19.6 Å². The summed E-state index contributed by atoms with van der Waals surface area (Å²) in [6.45, 7) is 5.03. The van der Waals surface area contributed by atoms with Crippen molar-refractivity contribution in [3.63, 3.8) is 0 Å². The van der Waals surface area contributed by atoms with Crippen molar-refractivity contribution in [2.45, 2.75) is 32.2 Å². The van der Waals surface area contributed by atoms with Crippen LogP contribution < -0.4 is 15.8 Å². The van der Waals surface area contributed by atoms with E-state index >= 15 is 0 Å². The molecule has 0 bridgehead atoms. The predicted octanol–water partition coefficient (Wildman–Crippen LogP) is 0.0384. The van der Waals surface area contributed by atoms with Gasteiger partial charge in [0.2, 0.25) is 6.23 Å². The Hall–Kier alpha value is -2.05. The lowest BCUT2D eigenvalue weighted by Crippen LogP contribution is -2.45. The Bertz CT molecular complexity index is 846. The van der Waals surface area contributed by atoms with Gasteiger partial charge in [0.05, 0.1) is 18.4 Å². The van der Waals surface area contributed by atoms with Crippen molar-refractivity contribution < 1.29 is 25.2 Å². The van der Waals surface area contributed by atoms with Gasteiger partial charge in [0, 0.05) is 26.1 Å². The zero-order valence-corrected chi connectivity index (χ0v) is 18.7. The molecule has 2 aromatic rings. The molecule has 1 amide bonds. The second-order valence-corrected chi connectivity index (χ2v) is 6.84. The van der Waals surface area contributed by atoms with Crippen LogP contribution in [0.25, 0.3) is 0 Å². The maximum absolute atomic E-state index is 11.7. The van der Waals surface area contributed by atoms with Gasteiger partial charge in [-0.15, -0.1) is 24.8 Å². The smallest absolute Gasteiger partial charge is 0.281 e. The van der Waals surface area contributed by atoms with E-state index < -0.39 is 12.1 Å². The molecule has 2 aliphatic heterocycles. The van der Waals surface area contributed by atoms with E-state index in [1.807, 2.05) is 6.07 Å². The van der Waals surface area contributed by atoms with E-state index in [2.05, 4.69) is 44.5 Å². The molecule has 12 heteroatoms. The number of nitrogens with two attached hydrogens (primary N) is 1. The molecule has 1 aromatic carbocycles. The van der Waals surface area contributed by atoms with Gasteiger partial charge in [-0.2, -0.15) is 0 Å². The number of hydrogen-bond acceptors (Lipinski definition) is 7. The van der Waals surface area contributed by atoms with Gasteiger partial charge in [-0.3, -0.25) is 15.4 Å². The van der Waals surface area contributed by atoms with Gasteiger partial charge in [0.15, 0.2) is 11.6 Å². The number of fused-ring (bicyclic) bond motifs is 1. The average molecular weight is 478 g/mol. The molecule has 10 nitrogen and oxygen atoms in total. The van der Waals surface area contributed by atoms with Crippen molar-refractivity contribution in [1.82, 2.24) is 14.9 Å². The lowest BCUT2D eigenvalue weighted by atomic mass is 10.1. The van der Waals surface area contributed by atoms with Crippen LogP contribution in [0.3, 0.4) is 0 Å². The van der Waals surface area contributed by atoms with Crippen molar-refractivity contribution in [2.24, 2.45) is 5.73 Å². The number of carbonyl (C=O) groups excluding carboxylic acids is 1. The van der Waals surface area contributed by atoms with Crippen molar-refractivity contribution in [3.8, 4) is 5.75 Å². The number of ether oxygens (including phenoxy) is 2. The molecule has 2 atom stereocenters. The molecule has 1 aromatic heterocycles. The predicted molar refractivity (Wildman–Crippen MR) is 121 cm³/mol. The van der Waals surface area contributed by atoms with Crippen LogP contribution in [0.15, 0.2) is 30.3 Å². The number of nitrogens with one attached hydrogen (secondary N) is 1. The van der Waals surface area contributed by atoms with Crippen LogP contribution in [0.2, 0.25) is 0 Å². The van der Waals surface area contributed by atoms with Crippen LogP contribution in [-0.4, -0.2) is 63.8 Å². The Morgan fingerprint density at radius 3 is 2.61 bits per heavy atom. The fourth-order valence-electron chi connectivity index (χ4n) is 3.44. The van der Waals surface area contributed by atoms with Crippen molar-refractivity contribution in [1.29, 1.82) is 0 Å². The highest BCUT2D eigenvalue weighted by Gasteiger charge is 2.30. The Balaban J connectivity index is 0.00000225. The van der Waals surface area contributed by atoms with Gasteiger partial charge < -0.3 is 25.7 Å². The maximum atomic E-state index is 11.7. The summed E-state index contributed by atoms with van der Waals surface area (Å²) in [5.41, 5.74) is 7.70. The number of carbonyl (C=O) groups is 1. The molecule has 3 heterocycles. The molecular weight excluding hydrogens is 449 g/mol. The van der Waals surface area contributed by atoms with Crippen LogP contribution in [0.1, 0.15) is 17.1 Å². The number of amides is 1. The largest absolute Gasteiger partial charge is 0.460 e. The van der Waals surface area contributed by atoms with Crippen LogP contribution in [0.5, 0.6) is 5.75 Å². The summed E-state index contributed by atoms with van der Waals surface area (Å²) in [5, 5.41) is 2.68. The minimum absolute atomic E-state index is 0. The van der Waals surface area contributed by atoms with Crippen molar-refractivity contribution >= 4 is 36.5 Å². The number of benzene rings is 1. The first-order valence-electron chi connectivity index (χ1n) is 9.07. The molecule has 7 N–H and O–H groups in total. The number of aryl methyl sites for hydroxylation is 1. The zero-order valence-electron chi connectivity index (χ0n) is 17.0. The van der Waals surface area contributed by atoms with E-state index in [9.17, 15) is 4.79 Å². The highest BCUT2D eigenvalue weighted by molar-refractivity contribution is 5.96. The number of morpholine rings is 1. The molecule has 0 spiro atoms. The number of nitrogens with zero attached hydrogens (tertiary/aromatic N) is 3. The topological polar surface area (TPSA) is 166 Å². The quantitative estimate of drug-likeness (QED) is 0.626. The fraction of sp³-hybridized carbons (Fsp3) is 0.421. The van der Waals surface area contributed by atoms with Gasteiger partial charge in [0.25, 0.3) is 5.91 Å². The summed E-state index contributed by atoms with van der Waals surface area (Å²) in [6.07, 6.45) is -0.498. The molecule has 2 aliphatic rings. The summed E-state index contributed by atoms with van der Waals surface area (Å²) in [4.78, 5) is 22.9. The first-order chi connectivity index (χ1) is 13.1. The third-order valence-electron chi connectivity index (χ3n) is 4.69. The number of halogens is 2. The summed E-state index contributed by atoms with van der Waals surface area (Å²) in [5.74, 6) is 0.979. The average Bonchev–Trinajstić information content (AvgIpc) is 2.64. The van der Waals surface area contributed by atoms with E-state index in [0.29, 0.717) is 36.1 Å². The molecule has 2 unspecified atom stereocenters. The summed E-state index contributed by atoms with van der Waals surface area (Å²) < 4.78 is 11.5. The lowest BCUT2D eigenvalue weighted by molar-refractivity contribution is -0.123. The highest BCUT2D eigenvalue weighted by atomic mass is 35.5. The molecule has 0 saturated carbocycles. The second kappa shape index (κ2) is 12.7. The Kier molecular flexibility index (Phi) is 11.9. The lowest BCUT2D eigenvalue weighted by Gasteiger charge is -2.33. The summed E-state index contributed by atoms with van der Waals surface area (Å²) in [7, 11) is 0. The van der Waals surface area contributed by atoms with Crippen molar-refractivity contribution in [2.75, 3.05) is 25.0 Å². The Labute approximate surface area is 193 Å². The molecule has 1 fully saturated rings. The van der Waals surface area contributed by atoms with Crippen LogP contribution in [0.4, 0.5) is 5.82 Å². The van der Waals surface area contributed by atoms with Crippen molar-refractivity contribution in [3.05, 3.63) is 47.4 Å². The summed E-state index contributed by atoms with van der Waals surface area (Å²) >= 11 is 0. The van der Waals surface area contributed by atoms with E-state index in [1.54, 1.807) is 6.92 Å². The van der Waals surface area contributed by atoms with Crippen LogP contribution in [-0.2, 0) is 22.5 Å². The first-order valence-corrected chi connectivity index (χ1v) is 9.07. The Morgan fingerprint density at radius 2 is 1.90 bits per heavy atom. The highest BCUT2D eigenvalue weighted by Crippen LogP contribution is 2.31. The second-order valence-electron chi connectivity index (χ2n) is 6.84. The SMILES string of the molecule is Cc1nc(CC2CN(Cc3ccccc3)CCO2)c2c(n1)NC(=O)C(N)O2.Cl.Cl.O.O. The fourth-order valence-corrected chi connectivity index (χ4v) is 3.44. The van der Waals surface area contributed by atoms with Gasteiger partial charge in [-0.1, -0.05) is 30.3 Å². The van der Waals surface area contributed by atoms with E-state index in [4.69, 9.17) is 15.2 Å². The monoisotopic (exact) mass is 477 g/mol. The molecule has 4 rings (SSSR count). The molecule has 0 radical (unpaired) electrons. The Morgan fingerprint density at radius 1 is 1.19 bits per heavy atom. The summed E-state index contributed by atoms with van der Waals surface area (Å²) in [6, 6.07) is 10.4. The van der Waals surface area contributed by atoms with Crippen LogP contribution in [0, 0.1) is 6.92 Å². The molecular formula is C19H29Cl2N5O5. The van der Waals surface area contributed by atoms with Gasteiger partial charge in [-0.25, -0.2) is 9.97 Å². The third kappa shape index (κ3) is 6.97. The first kappa shape index (κ1) is 28.9.